The predicted octanol–water partition coefficient (Wildman–Crippen LogP) is 0.969. The number of ether oxygens (including phenoxy) is 1. The molecule has 0 bridgehead atoms. The summed E-state index contributed by atoms with van der Waals surface area (Å²) in [7, 11) is 4.07. The SMILES string of the molecule is CN(C)CCCOc1ccc2c(c1)NC(=O)C2N. The van der Waals surface area contributed by atoms with E-state index in [1.165, 1.54) is 0 Å². The van der Waals surface area contributed by atoms with Gasteiger partial charge in [0.15, 0.2) is 0 Å². The molecule has 0 aliphatic carbocycles. The number of carbonyl (C=O) groups is 1. The third-order valence-electron chi connectivity index (χ3n) is 2.92. The number of hydrogen-bond donors (Lipinski definition) is 2. The Morgan fingerprint density at radius 3 is 2.94 bits per heavy atom. The molecule has 1 aliphatic rings. The summed E-state index contributed by atoms with van der Waals surface area (Å²) >= 11 is 0. The van der Waals surface area contributed by atoms with Crippen molar-refractivity contribution < 1.29 is 9.53 Å². The number of nitrogens with one attached hydrogen (secondary N) is 1. The second-order valence-corrected chi connectivity index (χ2v) is 4.72. The third-order valence-corrected chi connectivity index (χ3v) is 2.92. The van der Waals surface area contributed by atoms with Crippen LogP contribution >= 0.6 is 0 Å². The summed E-state index contributed by atoms with van der Waals surface area (Å²) in [5.74, 6) is 0.608. The van der Waals surface area contributed by atoms with Crippen LogP contribution in [-0.2, 0) is 4.79 Å². The van der Waals surface area contributed by atoms with Gasteiger partial charge in [0.1, 0.15) is 11.8 Å². The van der Waals surface area contributed by atoms with Gasteiger partial charge in [-0.2, -0.15) is 0 Å². The largest absolute Gasteiger partial charge is 0.493 e. The number of amides is 1. The molecule has 0 radical (unpaired) electrons. The van der Waals surface area contributed by atoms with Crippen LogP contribution in [-0.4, -0.2) is 38.1 Å². The van der Waals surface area contributed by atoms with E-state index >= 15 is 0 Å². The Labute approximate surface area is 107 Å². The van der Waals surface area contributed by atoms with Gasteiger partial charge in [0.05, 0.1) is 6.61 Å². The van der Waals surface area contributed by atoms with Crippen LogP contribution in [0.25, 0.3) is 0 Å². The van der Waals surface area contributed by atoms with Crippen molar-refractivity contribution in [1.29, 1.82) is 0 Å². The summed E-state index contributed by atoms with van der Waals surface area (Å²) in [6.07, 6.45) is 0.968. The number of nitrogens with zero attached hydrogens (tertiary/aromatic N) is 1. The average molecular weight is 249 g/mol. The maximum absolute atomic E-state index is 11.4. The topological polar surface area (TPSA) is 67.6 Å². The molecule has 2 rings (SSSR count). The monoisotopic (exact) mass is 249 g/mol. The summed E-state index contributed by atoms with van der Waals surface area (Å²) in [5.41, 5.74) is 7.33. The fourth-order valence-electron chi connectivity index (χ4n) is 1.93. The lowest BCUT2D eigenvalue weighted by molar-refractivity contribution is -0.116. The Morgan fingerprint density at radius 2 is 2.22 bits per heavy atom. The number of benzene rings is 1. The van der Waals surface area contributed by atoms with Gasteiger partial charge in [-0.1, -0.05) is 6.07 Å². The molecule has 0 saturated carbocycles. The number of rotatable bonds is 5. The number of carbonyl (C=O) groups excluding carboxylic acids is 1. The van der Waals surface area contributed by atoms with Crippen molar-refractivity contribution in [2.45, 2.75) is 12.5 Å². The first-order valence-corrected chi connectivity index (χ1v) is 6.06. The third kappa shape index (κ3) is 2.80. The molecule has 1 aliphatic heterocycles. The molecule has 18 heavy (non-hydrogen) atoms. The van der Waals surface area contributed by atoms with Crippen LogP contribution in [0, 0.1) is 0 Å². The van der Waals surface area contributed by atoms with Gasteiger partial charge in [-0.3, -0.25) is 4.79 Å². The van der Waals surface area contributed by atoms with Crippen molar-refractivity contribution in [3.05, 3.63) is 23.8 Å². The highest BCUT2D eigenvalue weighted by Gasteiger charge is 2.27. The Kier molecular flexibility index (Phi) is 3.84. The molecular formula is C13H19N3O2. The van der Waals surface area contributed by atoms with E-state index < -0.39 is 6.04 Å². The van der Waals surface area contributed by atoms with Gasteiger partial charge in [-0.15, -0.1) is 0 Å². The molecule has 1 unspecified atom stereocenters. The minimum Gasteiger partial charge on any atom is -0.493 e. The van der Waals surface area contributed by atoms with E-state index in [0.29, 0.717) is 6.61 Å². The Hall–Kier alpha value is -1.59. The van der Waals surface area contributed by atoms with E-state index in [1.807, 2.05) is 32.3 Å². The van der Waals surface area contributed by atoms with Gasteiger partial charge in [0.2, 0.25) is 5.91 Å². The van der Waals surface area contributed by atoms with Crippen LogP contribution < -0.4 is 15.8 Å². The molecule has 98 valence electrons. The van der Waals surface area contributed by atoms with Gasteiger partial charge in [-0.25, -0.2) is 0 Å². The van der Waals surface area contributed by atoms with Gasteiger partial charge < -0.3 is 20.7 Å². The normalized spacial score (nSPS) is 17.8. The molecule has 3 N–H and O–H groups in total. The fourth-order valence-corrected chi connectivity index (χ4v) is 1.93. The van der Waals surface area contributed by atoms with E-state index in [9.17, 15) is 4.79 Å². The number of fused-ring (bicyclic) bond motifs is 1. The highest BCUT2D eigenvalue weighted by atomic mass is 16.5. The molecular weight excluding hydrogens is 230 g/mol. The highest BCUT2D eigenvalue weighted by molar-refractivity contribution is 6.02. The number of hydrogen-bond acceptors (Lipinski definition) is 4. The van der Waals surface area contributed by atoms with Crippen molar-refractivity contribution in [1.82, 2.24) is 4.90 Å². The lowest BCUT2D eigenvalue weighted by Crippen LogP contribution is -2.19. The molecule has 5 heteroatoms. The molecule has 0 spiro atoms. The van der Waals surface area contributed by atoms with Crippen molar-refractivity contribution in [2.24, 2.45) is 5.73 Å². The molecule has 1 heterocycles. The lowest BCUT2D eigenvalue weighted by Gasteiger charge is -2.11. The van der Waals surface area contributed by atoms with Crippen molar-refractivity contribution >= 4 is 11.6 Å². The highest BCUT2D eigenvalue weighted by Crippen LogP contribution is 2.32. The minimum absolute atomic E-state index is 0.158. The fraction of sp³-hybridized carbons (Fsp3) is 0.462. The van der Waals surface area contributed by atoms with E-state index in [0.717, 1.165) is 30.0 Å². The first-order valence-electron chi connectivity index (χ1n) is 6.06. The number of nitrogens with two attached hydrogens (primary N) is 1. The number of anilines is 1. The summed E-state index contributed by atoms with van der Waals surface area (Å²) < 4.78 is 5.63. The van der Waals surface area contributed by atoms with Crippen molar-refractivity contribution in [2.75, 3.05) is 32.6 Å². The zero-order chi connectivity index (χ0) is 13.1. The molecule has 0 saturated heterocycles. The summed E-state index contributed by atoms with van der Waals surface area (Å²) in [5, 5.41) is 2.74. The Balaban J connectivity index is 1.92. The van der Waals surface area contributed by atoms with Crippen molar-refractivity contribution in [3.8, 4) is 5.75 Å². The zero-order valence-electron chi connectivity index (χ0n) is 10.8. The molecule has 1 amide bonds. The quantitative estimate of drug-likeness (QED) is 0.763. The van der Waals surface area contributed by atoms with E-state index in [1.54, 1.807) is 0 Å². The van der Waals surface area contributed by atoms with E-state index in [4.69, 9.17) is 10.5 Å². The summed E-state index contributed by atoms with van der Waals surface area (Å²) in [6, 6.07) is 4.98. The van der Waals surface area contributed by atoms with Crippen LogP contribution in [0.5, 0.6) is 5.75 Å². The summed E-state index contributed by atoms with van der Waals surface area (Å²) in [4.78, 5) is 13.5. The standard InChI is InChI=1S/C13H19N3O2/c1-16(2)6-3-7-18-9-4-5-10-11(8-9)15-13(17)12(10)14/h4-5,8,12H,3,6-7,14H2,1-2H3,(H,15,17). The smallest absolute Gasteiger partial charge is 0.245 e. The maximum Gasteiger partial charge on any atom is 0.245 e. The molecule has 0 fully saturated rings. The van der Waals surface area contributed by atoms with Gasteiger partial charge in [0.25, 0.3) is 0 Å². The van der Waals surface area contributed by atoms with E-state index in [2.05, 4.69) is 10.2 Å². The molecule has 1 aromatic carbocycles. The summed E-state index contributed by atoms with van der Waals surface area (Å²) in [6.45, 7) is 1.66. The maximum atomic E-state index is 11.4. The van der Waals surface area contributed by atoms with Gasteiger partial charge >= 0.3 is 0 Å². The second kappa shape index (κ2) is 5.37. The Morgan fingerprint density at radius 1 is 1.44 bits per heavy atom. The molecule has 1 atom stereocenters. The van der Waals surface area contributed by atoms with E-state index in [-0.39, 0.29) is 5.91 Å². The second-order valence-electron chi connectivity index (χ2n) is 4.72. The van der Waals surface area contributed by atoms with Crippen LogP contribution in [0.2, 0.25) is 0 Å². The minimum atomic E-state index is -0.553. The van der Waals surface area contributed by atoms with Crippen LogP contribution in [0.4, 0.5) is 5.69 Å². The van der Waals surface area contributed by atoms with Gasteiger partial charge in [0, 0.05) is 23.9 Å². The first-order chi connectivity index (χ1) is 8.58. The van der Waals surface area contributed by atoms with Crippen LogP contribution in [0.1, 0.15) is 18.0 Å². The average Bonchev–Trinajstić information content (AvgIpc) is 2.60. The Bertz CT molecular complexity index is 446. The first kappa shape index (κ1) is 12.9. The van der Waals surface area contributed by atoms with Crippen LogP contribution in [0.3, 0.4) is 0 Å². The lowest BCUT2D eigenvalue weighted by atomic mass is 10.1. The van der Waals surface area contributed by atoms with Gasteiger partial charge in [-0.05, 0) is 26.6 Å². The molecule has 5 nitrogen and oxygen atoms in total. The van der Waals surface area contributed by atoms with Crippen molar-refractivity contribution in [3.63, 3.8) is 0 Å². The zero-order valence-corrected chi connectivity index (χ0v) is 10.8. The molecule has 0 aromatic heterocycles. The predicted molar refractivity (Wildman–Crippen MR) is 70.7 cm³/mol. The van der Waals surface area contributed by atoms with Crippen LogP contribution in [0.15, 0.2) is 18.2 Å². The molecule has 1 aromatic rings.